The van der Waals surface area contributed by atoms with Crippen molar-refractivity contribution in [3.05, 3.63) is 55.8 Å². The van der Waals surface area contributed by atoms with Crippen LogP contribution in [0, 0.1) is 15.9 Å². The number of nitro groups is 1. The van der Waals surface area contributed by atoms with Gasteiger partial charge >= 0.3 is 5.69 Å². The molecule has 0 saturated carbocycles. The molecule has 0 fully saturated rings. The molecule has 0 spiro atoms. The Kier molecular flexibility index (Phi) is 4.61. The van der Waals surface area contributed by atoms with Gasteiger partial charge in [-0.1, -0.05) is 17.7 Å². The average molecular weight is 377 g/mol. The van der Waals surface area contributed by atoms with Crippen LogP contribution in [0.3, 0.4) is 0 Å². The number of hydrogen-bond acceptors (Lipinski definition) is 5. The Balaban J connectivity index is 2.49. The summed E-state index contributed by atoms with van der Waals surface area (Å²) in [5, 5.41) is 11.0. The third-order valence-corrected chi connectivity index (χ3v) is 3.44. The van der Waals surface area contributed by atoms with Crippen LogP contribution in [0.5, 0.6) is 11.5 Å². The van der Waals surface area contributed by atoms with Crippen molar-refractivity contribution in [2.24, 2.45) is 5.84 Å². The molecular formula is C12H8BrClFN3O3. The highest BCUT2D eigenvalue weighted by Crippen LogP contribution is 2.40. The zero-order valence-electron chi connectivity index (χ0n) is 10.3. The summed E-state index contributed by atoms with van der Waals surface area (Å²) in [5.74, 6) is 4.49. The molecule has 0 unspecified atom stereocenters. The quantitative estimate of drug-likeness (QED) is 0.361. The molecule has 0 bridgehead atoms. The van der Waals surface area contributed by atoms with Gasteiger partial charge in [-0.15, -0.1) is 0 Å². The Hall–Kier alpha value is -1.90. The Labute approximate surface area is 131 Å². The molecule has 0 amide bonds. The number of nitrogens with zero attached hydrogens (tertiary/aromatic N) is 1. The van der Waals surface area contributed by atoms with Crippen molar-refractivity contribution in [3.8, 4) is 11.5 Å². The maximum absolute atomic E-state index is 13.5. The normalized spacial score (nSPS) is 10.3. The summed E-state index contributed by atoms with van der Waals surface area (Å²) in [4.78, 5) is 10.5. The molecule has 0 aliphatic rings. The minimum Gasteiger partial charge on any atom is -0.449 e. The number of hydrogen-bond donors (Lipinski definition) is 2. The molecule has 0 atom stereocenters. The van der Waals surface area contributed by atoms with E-state index >= 15 is 0 Å². The Bertz CT molecular complexity index is 714. The molecule has 3 N–H and O–H groups in total. The van der Waals surface area contributed by atoms with Crippen LogP contribution in [-0.2, 0) is 0 Å². The van der Waals surface area contributed by atoms with Gasteiger partial charge in [0.05, 0.1) is 14.4 Å². The standard InChI is InChI=1S/C12H8BrClFN3O3/c13-6-4-7(14)8(15)5-11(6)21-10-3-1-2-9(17-16)12(10)18(19)20/h1-5,17H,16H2. The number of hydrazine groups is 1. The first-order valence-corrected chi connectivity index (χ1v) is 6.67. The lowest BCUT2D eigenvalue weighted by molar-refractivity contribution is -0.384. The number of nitrogens with two attached hydrogens (primary N) is 1. The summed E-state index contributed by atoms with van der Waals surface area (Å²) in [6, 6.07) is 6.62. The lowest BCUT2D eigenvalue weighted by Gasteiger charge is -2.10. The minimum atomic E-state index is -0.703. The van der Waals surface area contributed by atoms with Crippen LogP contribution in [0.1, 0.15) is 0 Å². The van der Waals surface area contributed by atoms with Crippen LogP contribution < -0.4 is 16.0 Å². The van der Waals surface area contributed by atoms with Crippen LogP contribution in [0.25, 0.3) is 0 Å². The largest absolute Gasteiger partial charge is 0.449 e. The van der Waals surface area contributed by atoms with Crippen LogP contribution in [-0.4, -0.2) is 4.92 Å². The van der Waals surface area contributed by atoms with E-state index in [1.165, 1.54) is 24.3 Å². The number of halogens is 3. The van der Waals surface area contributed by atoms with Gasteiger partial charge in [-0.2, -0.15) is 0 Å². The van der Waals surface area contributed by atoms with E-state index in [1.54, 1.807) is 0 Å². The number of anilines is 1. The van der Waals surface area contributed by atoms with Crippen LogP contribution >= 0.6 is 27.5 Å². The van der Waals surface area contributed by atoms with E-state index in [-0.39, 0.29) is 27.9 Å². The number of para-hydroxylation sites is 1. The third kappa shape index (κ3) is 3.23. The Morgan fingerprint density at radius 3 is 2.71 bits per heavy atom. The van der Waals surface area contributed by atoms with Crippen molar-refractivity contribution in [2.45, 2.75) is 0 Å². The molecule has 0 aromatic heterocycles. The number of nitro benzene ring substituents is 1. The molecular weight excluding hydrogens is 369 g/mol. The lowest BCUT2D eigenvalue weighted by atomic mass is 10.2. The fourth-order valence-electron chi connectivity index (χ4n) is 1.61. The molecule has 2 aromatic rings. The summed E-state index contributed by atoms with van der Waals surface area (Å²) in [5.41, 5.74) is 1.92. The number of rotatable bonds is 4. The lowest BCUT2D eigenvalue weighted by Crippen LogP contribution is -2.09. The van der Waals surface area contributed by atoms with Crippen molar-refractivity contribution >= 4 is 38.9 Å². The van der Waals surface area contributed by atoms with E-state index in [1.807, 2.05) is 0 Å². The molecule has 0 heterocycles. The molecule has 0 saturated heterocycles. The van der Waals surface area contributed by atoms with Crippen molar-refractivity contribution < 1.29 is 14.1 Å². The summed E-state index contributed by atoms with van der Waals surface area (Å²) in [6.45, 7) is 0. The molecule has 0 radical (unpaired) electrons. The zero-order valence-corrected chi connectivity index (χ0v) is 12.6. The molecule has 0 aliphatic carbocycles. The van der Waals surface area contributed by atoms with Gasteiger partial charge in [-0.25, -0.2) is 4.39 Å². The molecule has 110 valence electrons. The third-order valence-electron chi connectivity index (χ3n) is 2.53. The number of nitrogens with one attached hydrogen (secondary N) is 1. The SMILES string of the molecule is NNc1cccc(Oc2cc(F)c(Cl)cc2Br)c1[N+](=O)[O-]. The minimum absolute atomic E-state index is 0.0502. The molecule has 2 aromatic carbocycles. The monoisotopic (exact) mass is 375 g/mol. The molecule has 9 heteroatoms. The summed E-state index contributed by atoms with van der Waals surface area (Å²) in [6.07, 6.45) is 0. The second-order valence-electron chi connectivity index (χ2n) is 3.85. The van der Waals surface area contributed by atoms with Gasteiger partial charge in [-0.05, 0) is 34.1 Å². The second kappa shape index (κ2) is 6.25. The number of ether oxygens (including phenoxy) is 1. The van der Waals surface area contributed by atoms with E-state index in [0.29, 0.717) is 4.47 Å². The average Bonchev–Trinajstić information content (AvgIpc) is 2.44. The van der Waals surface area contributed by atoms with E-state index < -0.39 is 10.7 Å². The van der Waals surface area contributed by atoms with Gasteiger partial charge in [0.25, 0.3) is 0 Å². The molecule has 6 nitrogen and oxygen atoms in total. The van der Waals surface area contributed by atoms with Gasteiger partial charge in [0, 0.05) is 6.07 Å². The highest BCUT2D eigenvalue weighted by molar-refractivity contribution is 9.10. The van der Waals surface area contributed by atoms with E-state index in [2.05, 4.69) is 21.4 Å². The van der Waals surface area contributed by atoms with Crippen molar-refractivity contribution in [3.63, 3.8) is 0 Å². The van der Waals surface area contributed by atoms with E-state index in [9.17, 15) is 14.5 Å². The second-order valence-corrected chi connectivity index (χ2v) is 5.11. The fraction of sp³-hybridized carbons (Fsp3) is 0. The highest BCUT2D eigenvalue weighted by Gasteiger charge is 2.22. The molecule has 0 aliphatic heterocycles. The van der Waals surface area contributed by atoms with Gasteiger partial charge < -0.3 is 10.2 Å². The Morgan fingerprint density at radius 1 is 1.38 bits per heavy atom. The molecule has 21 heavy (non-hydrogen) atoms. The first-order valence-electron chi connectivity index (χ1n) is 5.50. The van der Waals surface area contributed by atoms with Crippen molar-refractivity contribution in [1.82, 2.24) is 0 Å². The van der Waals surface area contributed by atoms with Crippen LogP contribution in [0.15, 0.2) is 34.8 Å². The smallest absolute Gasteiger partial charge is 0.335 e. The van der Waals surface area contributed by atoms with Crippen LogP contribution in [0.4, 0.5) is 15.8 Å². The van der Waals surface area contributed by atoms with Gasteiger partial charge in [0.15, 0.2) is 0 Å². The van der Waals surface area contributed by atoms with E-state index in [0.717, 1.165) is 6.07 Å². The van der Waals surface area contributed by atoms with Gasteiger partial charge in [0.2, 0.25) is 5.75 Å². The topological polar surface area (TPSA) is 90.4 Å². The zero-order chi connectivity index (χ0) is 15.6. The first-order chi connectivity index (χ1) is 9.93. The fourth-order valence-corrected chi connectivity index (χ4v) is 2.33. The highest BCUT2D eigenvalue weighted by atomic mass is 79.9. The van der Waals surface area contributed by atoms with E-state index in [4.69, 9.17) is 22.2 Å². The van der Waals surface area contributed by atoms with Crippen molar-refractivity contribution in [2.75, 3.05) is 5.43 Å². The first kappa shape index (κ1) is 15.5. The predicted octanol–water partition coefficient (Wildman–Crippen LogP) is 4.23. The Morgan fingerprint density at radius 2 is 2.10 bits per heavy atom. The van der Waals surface area contributed by atoms with Crippen molar-refractivity contribution in [1.29, 1.82) is 0 Å². The van der Waals surface area contributed by atoms with Gasteiger partial charge in [-0.3, -0.25) is 16.0 Å². The number of nitrogen functional groups attached to an aromatic ring is 1. The summed E-state index contributed by atoms with van der Waals surface area (Å²) in [7, 11) is 0. The molecule has 2 rings (SSSR count). The number of benzene rings is 2. The summed E-state index contributed by atoms with van der Waals surface area (Å²) >= 11 is 8.77. The maximum Gasteiger partial charge on any atom is 0.335 e. The predicted molar refractivity (Wildman–Crippen MR) is 80.1 cm³/mol. The van der Waals surface area contributed by atoms with Crippen LogP contribution in [0.2, 0.25) is 5.02 Å². The maximum atomic E-state index is 13.5. The van der Waals surface area contributed by atoms with Gasteiger partial charge in [0.1, 0.15) is 17.3 Å². The summed E-state index contributed by atoms with van der Waals surface area (Å²) < 4.78 is 19.2.